The monoisotopic (exact) mass is 385 g/mol. The first-order valence-corrected chi connectivity index (χ1v) is 9.12. The van der Waals surface area contributed by atoms with Gasteiger partial charge in [-0.25, -0.2) is 0 Å². The van der Waals surface area contributed by atoms with Gasteiger partial charge in [0.1, 0.15) is 5.75 Å². The molecule has 1 aliphatic heterocycles. The predicted octanol–water partition coefficient (Wildman–Crippen LogP) is 3.29. The number of hydrogen-bond donors (Lipinski definition) is 1. The molecule has 0 radical (unpaired) electrons. The molecule has 0 spiro atoms. The summed E-state index contributed by atoms with van der Waals surface area (Å²) in [5.41, 5.74) is 0.682. The van der Waals surface area contributed by atoms with Crippen molar-refractivity contribution in [1.29, 1.82) is 0 Å². The average Bonchev–Trinajstić information content (AvgIpc) is 3.31. The Morgan fingerprint density at radius 2 is 2.11 bits per heavy atom. The maximum absolute atomic E-state index is 13.0. The molecule has 0 aliphatic carbocycles. The molecule has 1 aromatic heterocycles. The summed E-state index contributed by atoms with van der Waals surface area (Å²) in [7, 11) is 1.58. The summed E-state index contributed by atoms with van der Waals surface area (Å²) < 4.78 is 15.8. The zero-order chi connectivity index (χ0) is 20.1. The van der Waals surface area contributed by atoms with Gasteiger partial charge in [-0.1, -0.05) is 12.1 Å². The van der Waals surface area contributed by atoms with Crippen LogP contribution in [0.2, 0.25) is 0 Å². The summed E-state index contributed by atoms with van der Waals surface area (Å²) in [6.45, 7) is 3.15. The van der Waals surface area contributed by atoms with Crippen molar-refractivity contribution in [1.82, 2.24) is 4.90 Å². The Kier molecular flexibility index (Phi) is 6.16. The normalized spacial score (nSPS) is 16.7. The number of benzene rings is 1. The highest BCUT2D eigenvalue weighted by molar-refractivity contribution is 6.15. The van der Waals surface area contributed by atoms with Crippen molar-refractivity contribution in [3.63, 3.8) is 0 Å². The van der Waals surface area contributed by atoms with E-state index in [2.05, 4.69) is 0 Å². The summed E-state index contributed by atoms with van der Waals surface area (Å²) >= 11 is 0. The molecule has 0 bridgehead atoms. The first-order valence-electron chi connectivity index (χ1n) is 9.12. The zero-order valence-corrected chi connectivity index (χ0v) is 15.9. The zero-order valence-electron chi connectivity index (χ0n) is 15.9. The van der Waals surface area contributed by atoms with Gasteiger partial charge in [0.15, 0.2) is 11.5 Å². The maximum atomic E-state index is 13.0. The molecule has 28 heavy (non-hydrogen) atoms. The Balaban J connectivity index is 2.03. The Labute approximate surface area is 163 Å². The number of aliphatic hydroxyl groups excluding tert-OH is 1. The van der Waals surface area contributed by atoms with Gasteiger partial charge in [0, 0.05) is 20.3 Å². The van der Waals surface area contributed by atoms with Gasteiger partial charge in [0.2, 0.25) is 5.78 Å². The van der Waals surface area contributed by atoms with Crippen LogP contribution in [0.5, 0.6) is 5.75 Å². The molecule has 7 heteroatoms. The molecule has 1 amide bonds. The van der Waals surface area contributed by atoms with E-state index in [4.69, 9.17) is 13.9 Å². The molecule has 3 rings (SSSR count). The molecule has 7 nitrogen and oxygen atoms in total. The molecule has 0 saturated carbocycles. The van der Waals surface area contributed by atoms with Gasteiger partial charge in [-0.3, -0.25) is 9.59 Å². The van der Waals surface area contributed by atoms with E-state index in [0.29, 0.717) is 37.5 Å². The standard InChI is InChI=1S/C21H23NO6/c1-3-27-15-8-4-7-14(13-15)18-17(19(23)16-9-5-12-28-16)20(24)21(25)22(18)10-6-11-26-2/h4-5,7-9,12-13,18,24H,3,6,10-11H2,1-2H3. The number of rotatable bonds is 9. The molecule has 1 N–H and O–H groups in total. The van der Waals surface area contributed by atoms with Crippen LogP contribution in [0, 0.1) is 0 Å². The van der Waals surface area contributed by atoms with Crippen LogP contribution in [0.4, 0.5) is 0 Å². The third-order valence-corrected chi connectivity index (χ3v) is 4.53. The van der Waals surface area contributed by atoms with E-state index in [1.54, 1.807) is 37.4 Å². The number of carbonyl (C=O) groups excluding carboxylic acids is 2. The van der Waals surface area contributed by atoms with E-state index in [1.165, 1.54) is 17.2 Å². The van der Waals surface area contributed by atoms with Crippen molar-refractivity contribution in [3.05, 3.63) is 65.3 Å². The summed E-state index contributed by atoms with van der Waals surface area (Å²) in [5, 5.41) is 10.5. The molecule has 0 fully saturated rings. The third kappa shape index (κ3) is 3.80. The second-order valence-corrected chi connectivity index (χ2v) is 6.32. The van der Waals surface area contributed by atoms with Crippen molar-refractivity contribution in [2.24, 2.45) is 0 Å². The first kappa shape index (κ1) is 19.7. The van der Waals surface area contributed by atoms with Crippen LogP contribution < -0.4 is 4.74 Å². The van der Waals surface area contributed by atoms with Gasteiger partial charge < -0.3 is 23.9 Å². The van der Waals surface area contributed by atoms with Gasteiger partial charge >= 0.3 is 0 Å². The highest BCUT2D eigenvalue weighted by Gasteiger charge is 2.44. The van der Waals surface area contributed by atoms with Crippen LogP contribution in [0.3, 0.4) is 0 Å². The largest absolute Gasteiger partial charge is 0.503 e. The minimum Gasteiger partial charge on any atom is -0.503 e. The van der Waals surface area contributed by atoms with Crippen LogP contribution >= 0.6 is 0 Å². The molecule has 148 valence electrons. The third-order valence-electron chi connectivity index (χ3n) is 4.53. The smallest absolute Gasteiger partial charge is 0.290 e. The number of hydrogen-bond acceptors (Lipinski definition) is 6. The lowest BCUT2D eigenvalue weighted by atomic mass is 9.95. The number of amides is 1. The SMILES string of the molecule is CCOc1cccc(C2C(C(=O)c3ccco3)=C(O)C(=O)N2CCCOC)c1. The van der Waals surface area contributed by atoms with Crippen molar-refractivity contribution in [3.8, 4) is 5.75 Å². The van der Waals surface area contributed by atoms with Gasteiger partial charge in [-0.05, 0) is 43.2 Å². The lowest BCUT2D eigenvalue weighted by Crippen LogP contribution is -2.32. The van der Waals surface area contributed by atoms with E-state index >= 15 is 0 Å². The number of methoxy groups -OCH3 is 1. The highest BCUT2D eigenvalue weighted by atomic mass is 16.5. The fourth-order valence-electron chi connectivity index (χ4n) is 3.32. The molecule has 2 aromatic rings. The summed E-state index contributed by atoms with van der Waals surface area (Å²) in [4.78, 5) is 27.2. The summed E-state index contributed by atoms with van der Waals surface area (Å²) in [6.07, 6.45) is 1.95. The lowest BCUT2D eigenvalue weighted by Gasteiger charge is -2.27. The quantitative estimate of drug-likeness (QED) is 0.526. The van der Waals surface area contributed by atoms with Gasteiger partial charge in [0.05, 0.1) is 24.5 Å². The first-order chi connectivity index (χ1) is 13.6. The Hall–Kier alpha value is -3.06. The second kappa shape index (κ2) is 8.75. The number of furan rings is 1. The predicted molar refractivity (Wildman–Crippen MR) is 101 cm³/mol. The molecule has 1 atom stereocenters. The number of Topliss-reactive ketones (excluding diaryl/α,β-unsaturated/α-hetero) is 1. The minimum atomic E-state index is -0.734. The molecule has 0 saturated heterocycles. The molecule has 1 aliphatic rings. The molecule has 1 unspecified atom stereocenters. The van der Waals surface area contributed by atoms with Crippen LogP contribution in [0.1, 0.15) is 35.5 Å². The fourth-order valence-corrected chi connectivity index (χ4v) is 3.32. The van der Waals surface area contributed by atoms with Crippen molar-refractivity contribution < 1.29 is 28.6 Å². The minimum absolute atomic E-state index is 0.00557. The summed E-state index contributed by atoms with van der Waals surface area (Å²) in [5.74, 6) is -0.958. The molecule has 2 heterocycles. The molecular weight excluding hydrogens is 362 g/mol. The van der Waals surface area contributed by atoms with Gasteiger partial charge in [-0.15, -0.1) is 0 Å². The second-order valence-electron chi connectivity index (χ2n) is 6.32. The van der Waals surface area contributed by atoms with E-state index in [0.717, 1.165) is 0 Å². The maximum Gasteiger partial charge on any atom is 0.290 e. The van der Waals surface area contributed by atoms with Crippen LogP contribution in [-0.4, -0.2) is 48.6 Å². The number of carbonyl (C=O) groups is 2. The molecular formula is C21H23NO6. The molecule has 1 aromatic carbocycles. The van der Waals surface area contributed by atoms with Crippen molar-refractivity contribution >= 4 is 11.7 Å². The Morgan fingerprint density at radius 1 is 1.29 bits per heavy atom. The van der Waals surface area contributed by atoms with Crippen LogP contribution in [0.15, 0.2) is 58.4 Å². The van der Waals surface area contributed by atoms with E-state index in [9.17, 15) is 14.7 Å². The average molecular weight is 385 g/mol. The number of aliphatic hydroxyl groups is 1. The lowest BCUT2D eigenvalue weighted by molar-refractivity contribution is -0.129. The number of ketones is 1. The summed E-state index contributed by atoms with van der Waals surface area (Å²) in [6, 6.07) is 9.54. The fraction of sp³-hybridized carbons (Fsp3) is 0.333. The van der Waals surface area contributed by atoms with Crippen molar-refractivity contribution in [2.45, 2.75) is 19.4 Å². The highest BCUT2D eigenvalue weighted by Crippen LogP contribution is 2.40. The Bertz CT molecular complexity index is 871. The van der Waals surface area contributed by atoms with Gasteiger partial charge in [0.25, 0.3) is 5.91 Å². The van der Waals surface area contributed by atoms with E-state index in [1.807, 2.05) is 6.92 Å². The van der Waals surface area contributed by atoms with Crippen LogP contribution in [-0.2, 0) is 9.53 Å². The number of nitrogens with zero attached hydrogens (tertiary/aromatic N) is 1. The van der Waals surface area contributed by atoms with E-state index < -0.39 is 23.5 Å². The van der Waals surface area contributed by atoms with Gasteiger partial charge in [-0.2, -0.15) is 0 Å². The van der Waals surface area contributed by atoms with Crippen LogP contribution in [0.25, 0.3) is 0 Å². The number of ether oxygens (including phenoxy) is 2. The Morgan fingerprint density at radius 3 is 2.79 bits per heavy atom. The topological polar surface area (TPSA) is 89.2 Å². The van der Waals surface area contributed by atoms with Crippen molar-refractivity contribution in [2.75, 3.05) is 26.9 Å². The van der Waals surface area contributed by atoms with E-state index in [-0.39, 0.29) is 11.3 Å².